The highest BCUT2D eigenvalue weighted by Crippen LogP contribution is 2.29. The summed E-state index contributed by atoms with van der Waals surface area (Å²) in [5, 5.41) is 10.1. The fraction of sp³-hybridized carbons (Fsp3) is 0.750. The lowest BCUT2D eigenvalue weighted by Gasteiger charge is -2.33. The van der Waals surface area contributed by atoms with E-state index >= 15 is 0 Å². The fourth-order valence-corrected chi connectivity index (χ4v) is 3.75. The Morgan fingerprint density at radius 1 is 1.33 bits per heavy atom. The highest BCUT2D eigenvalue weighted by molar-refractivity contribution is 14.0. The minimum Gasteiger partial charge on any atom is -0.354 e. The highest BCUT2D eigenvalue weighted by Gasteiger charge is 2.31. The van der Waals surface area contributed by atoms with Gasteiger partial charge in [0.25, 0.3) is 0 Å². The van der Waals surface area contributed by atoms with Crippen LogP contribution < -0.4 is 15.5 Å². The van der Waals surface area contributed by atoms with Gasteiger partial charge in [0.2, 0.25) is 0 Å². The number of guanidine groups is 1. The molecule has 1 aliphatic heterocycles. The number of halogens is 1. The number of likely N-dealkylation sites (tertiary alicyclic amines) is 1. The second kappa shape index (κ2) is 9.19. The van der Waals surface area contributed by atoms with Crippen molar-refractivity contribution in [3.05, 3.63) is 11.1 Å². The molecule has 1 aromatic rings. The molecular formula is C16H29IN6S. The summed E-state index contributed by atoms with van der Waals surface area (Å²) in [6.45, 7) is 3.15. The summed E-state index contributed by atoms with van der Waals surface area (Å²) in [5.74, 6) is 0.884. The smallest absolute Gasteiger partial charge is 0.191 e. The molecule has 2 heterocycles. The zero-order valence-electron chi connectivity index (χ0n) is 14.8. The van der Waals surface area contributed by atoms with Crippen molar-refractivity contribution in [2.45, 2.75) is 44.3 Å². The van der Waals surface area contributed by atoms with Crippen LogP contribution in [0.15, 0.2) is 10.4 Å². The van der Waals surface area contributed by atoms with Crippen molar-refractivity contribution in [1.82, 2.24) is 20.5 Å². The lowest BCUT2D eigenvalue weighted by Crippen LogP contribution is -2.48. The molecular weight excluding hydrogens is 435 g/mol. The topological polar surface area (TPSA) is 55.8 Å². The van der Waals surface area contributed by atoms with Crippen molar-refractivity contribution in [3.8, 4) is 0 Å². The highest BCUT2D eigenvalue weighted by atomic mass is 127. The van der Waals surface area contributed by atoms with Crippen LogP contribution in [0.4, 0.5) is 5.13 Å². The van der Waals surface area contributed by atoms with Crippen molar-refractivity contribution in [1.29, 1.82) is 0 Å². The van der Waals surface area contributed by atoms with Gasteiger partial charge in [0, 0.05) is 51.7 Å². The second-order valence-corrected chi connectivity index (χ2v) is 7.46. The number of thiazole rings is 1. The second-order valence-electron chi connectivity index (χ2n) is 6.63. The van der Waals surface area contributed by atoms with E-state index in [1.807, 2.05) is 26.0 Å². The molecule has 136 valence electrons. The van der Waals surface area contributed by atoms with E-state index in [0.717, 1.165) is 22.8 Å². The van der Waals surface area contributed by atoms with Gasteiger partial charge in [0.15, 0.2) is 11.1 Å². The number of aliphatic imine (C=N–C) groups is 1. The summed E-state index contributed by atoms with van der Waals surface area (Å²) in [5.41, 5.74) is 1.06. The predicted octanol–water partition coefficient (Wildman–Crippen LogP) is 2.12. The Bertz CT molecular complexity index is 534. The van der Waals surface area contributed by atoms with Crippen molar-refractivity contribution >= 4 is 46.4 Å². The molecule has 0 atom stereocenters. The lowest BCUT2D eigenvalue weighted by molar-refractivity contribution is 0.197. The summed E-state index contributed by atoms with van der Waals surface area (Å²) < 4.78 is 0. The Balaban J connectivity index is 0.00000208. The van der Waals surface area contributed by atoms with E-state index in [1.54, 1.807) is 11.3 Å². The molecule has 2 aliphatic rings. The molecule has 1 saturated carbocycles. The first kappa shape index (κ1) is 19.7. The van der Waals surface area contributed by atoms with E-state index in [1.165, 1.54) is 38.8 Å². The minimum absolute atomic E-state index is 0. The molecule has 1 saturated heterocycles. The number of anilines is 1. The van der Waals surface area contributed by atoms with Crippen LogP contribution in [-0.2, 0) is 6.54 Å². The van der Waals surface area contributed by atoms with Gasteiger partial charge in [-0.2, -0.15) is 0 Å². The van der Waals surface area contributed by atoms with Crippen LogP contribution in [0.3, 0.4) is 0 Å². The third-order valence-electron chi connectivity index (χ3n) is 4.52. The third kappa shape index (κ3) is 5.45. The quantitative estimate of drug-likeness (QED) is 0.397. The average molecular weight is 464 g/mol. The van der Waals surface area contributed by atoms with Crippen LogP contribution in [0, 0.1) is 0 Å². The van der Waals surface area contributed by atoms with Crippen LogP contribution in [0.25, 0.3) is 0 Å². The molecule has 2 N–H and O–H groups in total. The molecule has 3 rings (SSSR count). The van der Waals surface area contributed by atoms with E-state index < -0.39 is 0 Å². The number of hydrogen-bond donors (Lipinski definition) is 2. The molecule has 2 fully saturated rings. The van der Waals surface area contributed by atoms with Gasteiger partial charge in [-0.15, -0.1) is 35.3 Å². The predicted molar refractivity (Wildman–Crippen MR) is 113 cm³/mol. The maximum atomic E-state index is 4.59. The lowest BCUT2D eigenvalue weighted by atomic mass is 10.1. The van der Waals surface area contributed by atoms with Gasteiger partial charge in [-0.25, -0.2) is 4.98 Å². The molecule has 24 heavy (non-hydrogen) atoms. The van der Waals surface area contributed by atoms with Crippen molar-refractivity contribution < 1.29 is 0 Å². The van der Waals surface area contributed by atoms with E-state index in [4.69, 9.17) is 0 Å². The Morgan fingerprint density at radius 2 is 2.04 bits per heavy atom. The normalized spacial score (nSPS) is 19.7. The van der Waals surface area contributed by atoms with Gasteiger partial charge < -0.3 is 20.4 Å². The third-order valence-corrected chi connectivity index (χ3v) is 5.57. The van der Waals surface area contributed by atoms with Crippen LogP contribution in [0.2, 0.25) is 0 Å². The average Bonchev–Trinajstić information content (AvgIpc) is 3.29. The van der Waals surface area contributed by atoms with Crippen LogP contribution in [0.1, 0.15) is 31.4 Å². The van der Waals surface area contributed by atoms with E-state index in [9.17, 15) is 0 Å². The molecule has 8 heteroatoms. The van der Waals surface area contributed by atoms with Gasteiger partial charge in [-0.05, 0) is 25.7 Å². The summed E-state index contributed by atoms with van der Waals surface area (Å²) >= 11 is 1.67. The molecule has 0 spiro atoms. The SMILES string of the molecule is CN=C(NCc1csc(N(C)C)n1)NC1CCN(C2CC2)CC1.I. The van der Waals surface area contributed by atoms with Crippen LogP contribution in [-0.4, -0.2) is 62.2 Å². The first-order valence-corrected chi connectivity index (χ1v) is 9.36. The van der Waals surface area contributed by atoms with Crippen LogP contribution in [0.5, 0.6) is 0 Å². The van der Waals surface area contributed by atoms with E-state index in [-0.39, 0.29) is 24.0 Å². The Morgan fingerprint density at radius 3 is 2.58 bits per heavy atom. The molecule has 0 unspecified atom stereocenters. The monoisotopic (exact) mass is 464 g/mol. The number of piperidine rings is 1. The maximum absolute atomic E-state index is 4.59. The first-order chi connectivity index (χ1) is 11.2. The van der Waals surface area contributed by atoms with Crippen LogP contribution >= 0.6 is 35.3 Å². The van der Waals surface area contributed by atoms with Gasteiger partial charge >= 0.3 is 0 Å². The molecule has 0 bridgehead atoms. The zero-order chi connectivity index (χ0) is 16.2. The largest absolute Gasteiger partial charge is 0.354 e. The van der Waals surface area contributed by atoms with Crippen molar-refractivity contribution in [2.75, 3.05) is 39.1 Å². The minimum atomic E-state index is 0. The number of hydrogen-bond acceptors (Lipinski definition) is 5. The Kier molecular flexibility index (Phi) is 7.55. The molecule has 0 amide bonds. The fourth-order valence-electron chi connectivity index (χ4n) is 2.99. The maximum Gasteiger partial charge on any atom is 0.191 e. The van der Waals surface area contributed by atoms with Gasteiger partial charge in [-0.1, -0.05) is 0 Å². The summed E-state index contributed by atoms with van der Waals surface area (Å²) in [6, 6.07) is 1.42. The molecule has 0 aromatic carbocycles. The molecule has 1 aromatic heterocycles. The van der Waals surface area contributed by atoms with Gasteiger partial charge in [0.1, 0.15) is 0 Å². The first-order valence-electron chi connectivity index (χ1n) is 8.48. The van der Waals surface area contributed by atoms with Crippen molar-refractivity contribution in [3.63, 3.8) is 0 Å². The Labute approximate surface area is 166 Å². The van der Waals surface area contributed by atoms with Crippen molar-refractivity contribution in [2.24, 2.45) is 4.99 Å². The molecule has 0 radical (unpaired) electrons. The zero-order valence-corrected chi connectivity index (χ0v) is 17.9. The standard InChI is InChI=1S/C16H28N6S.HI/c1-17-15(18-10-13-11-23-16(20-13)21(2)3)19-12-6-8-22(9-7-12)14-4-5-14;/h11-12,14H,4-10H2,1-3H3,(H2,17,18,19);1H. The molecule has 6 nitrogen and oxygen atoms in total. The van der Waals surface area contributed by atoms with Gasteiger partial charge in [0.05, 0.1) is 12.2 Å². The summed E-state index contributed by atoms with van der Waals surface area (Å²) in [6.07, 6.45) is 5.23. The summed E-state index contributed by atoms with van der Waals surface area (Å²) in [4.78, 5) is 13.6. The van der Waals surface area contributed by atoms with E-state index in [2.05, 4.69) is 30.9 Å². The number of nitrogens with zero attached hydrogens (tertiary/aromatic N) is 4. The Hall–Kier alpha value is -0.610. The molecule has 1 aliphatic carbocycles. The van der Waals surface area contributed by atoms with Gasteiger partial charge in [-0.3, -0.25) is 4.99 Å². The number of aromatic nitrogens is 1. The number of rotatable bonds is 5. The summed E-state index contributed by atoms with van der Waals surface area (Å²) in [7, 11) is 5.87. The number of nitrogens with one attached hydrogen (secondary N) is 2. The van der Waals surface area contributed by atoms with E-state index in [0.29, 0.717) is 12.6 Å².